The van der Waals surface area contributed by atoms with Crippen LogP contribution in [0.2, 0.25) is 10.0 Å². The van der Waals surface area contributed by atoms with Gasteiger partial charge < -0.3 is 10.2 Å². The third kappa shape index (κ3) is 9.20. The number of benzene rings is 2. The minimum absolute atomic E-state index is 0.0360. The van der Waals surface area contributed by atoms with Gasteiger partial charge in [0.2, 0.25) is 21.8 Å². The van der Waals surface area contributed by atoms with Crippen molar-refractivity contribution in [2.45, 2.75) is 72.0 Å². The van der Waals surface area contributed by atoms with Crippen LogP contribution in [-0.4, -0.2) is 49.5 Å². The van der Waals surface area contributed by atoms with Crippen molar-refractivity contribution in [3.8, 4) is 0 Å². The van der Waals surface area contributed by atoms with Gasteiger partial charge in [0, 0.05) is 40.7 Å². The molecule has 0 aliphatic heterocycles. The van der Waals surface area contributed by atoms with Crippen molar-refractivity contribution in [2.75, 3.05) is 17.1 Å². The molecule has 0 aliphatic rings. The summed E-state index contributed by atoms with van der Waals surface area (Å²) in [5.41, 5.74) is 1.71. The van der Waals surface area contributed by atoms with Crippen LogP contribution in [0.1, 0.15) is 58.6 Å². The Balaban J connectivity index is 2.24. The van der Waals surface area contributed by atoms with Crippen LogP contribution in [0.5, 0.6) is 0 Å². The highest BCUT2D eigenvalue weighted by Gasteiger charge is 2.29. The summed E-state index contributed by atoms with van der Waals surface area (Å²) < 4.78 is 26.3. The van der Waals surface area contributed by atoms with Crippen LogP contribution in [0.15, 0.2) is 42.5 Å². The van der Waals surface area contributed by atoms with Crippen LogP contribution in [0.25, 0.3) is 0 Å². The van der Waals surface area contributed by atoms with Gasteiger partial charge in [0.05, 0.1) is 11.9 Å². The molecule has 0 heterocycles. The molecule has 0 aliphatic carbocycles. The van der Waals surface area contributed by atoms with Crippen molar-refractivity contribution in [3.05, 3.63) is 63.6 Å². The highest BCUT2D eigenvalue weighted by molar-refractivity contribution is 7.92. The largest absolute Gasteiger partial charge is 0.350 e. The second-order valence-electron chi connectivity index (χ2n) is 10.1. The first kappa shape index (κ1) is 30.9. The molecule has 204 valence electrons. The normalized spacial score (nSPS) is 12.6. The Labute approximate surface area is 231 Å². The van der Waals surface area contributed by atoms with E-state index in [2.05, 4.69) is 5.32 Å². The molecule has 37 heavy (non-hydrogen) atoms. The van der Waals surface area contributed by atoms with Gasteiger partial charge in [-0.1, -0.05) is 48.3 Å². The molecule has 2 amide bonds. The van der Waals surface area contributed by atoms with Crippen LogP contribution in [0, 0.1) is 0 Å². The maximum Gasteiger partial charge on any atom is 0.242 e. The lowest BCUT2D eigenvalue weighted by Gasteiger charge is -2.32. The number of rotatable bonds is 11. The molecular weight excluding hydrogens is 533 g/mol. The van der Waals surface area contributed by atoms with Crippen molar-refractivity contribution in [3.63, 3.8) is 0 Å². The molecule has 7 nitrogen and oxygen atoms in total. The zero-order chi connectivity index (χ0) is 28.0. The van der Waals surface area contributed by atoms with E-state index in [0.717, 1.165) is 18.2 Å². The third-order valence-electron chi connectivity index (χ3n) is 5.84. The van der Waals surface area contributed by atoms with Crippen LogP contribution < -0.4 is 9.62 Å². The number of hydrogen-bond acceptors (Lipinski definition) is 4. The SMILES string of the molecule is CCc1ccc(N(CCCC(=O)N(Cc2c(Cl)cccc2Cl)C(C)C(=O)NC(C)(C)C)S(C)(=O)=O)cc1. The second-order valence-corrected chi connectivity index (χ2v) is 12.8. The van der Waals surface area contributed by atoms with Gasteiger partial charge >= 0.3 is 0 Å². The molecule has 0 radical (unpaired) electrons. The lowest BCUT2D eigenvalue weighted by atomic mass is 10.1. The number of hydrogen-bond donors (Lipinski definition) is 1. The average Bonchev–Trinajstić information content (AvgIpc) is 2.79. The third-order valence-corrected chi connectivity index (χ3v) is 7.74. The van der Waals surface area contributed by atoms with Gasteiger partial charge in [-0.3, -0.25) is 13.9 Å². The smallest absolute Gasteiger partial charge is 0.242 e. The Morgan fingerprint density at radius 1 is 1.03 bits per heavy atom. The maximum atomic E-state index is 13.4. The molecule has 0 fully saturated rings. The predicted octanol–water partition coefficient (Wildman–Crippen LogP) is 5.43. The first-order valence-corrected chi connectivity index (χ1v) is 14.9. The van der Waals surface area contributed by atoms with Crippen LogP contribution >= 0.6 is 23.2 Å². The summed E-state index contributed by atoms with van der Waals surface area (Å²) in [7, 11) is -3.56. The Bertz CT molecular complexity index is 1170. The van der Waals surface area contributed by atoms with Crippen molar-refractivity contribution >= 4 is 50.7 Å². The highest BCUT2D eigenvalue weighted by Crippen LogP contribution is 2.27. The molecule has 2 aromatic carbocycles. The van der Waals surface area contributed by atoms with E-state index in [9.17, 15) is 18.0 Å². The van der Waals surface area contributed by atoms with E-state index < -0.39 is 21.6 Å². The Kier molecular flexibility index (Phi) is 10.9. The number of sulfonamides is 1. The number of carbonyl (C=O) groups is 2. The zero-order valence-electron chi connectivity index (χ0n) is 22.3. The van der Waals surface area contributed by atoms with Gasteiger partial charge in [-0.15, -0.1) is 0 Å². The summed E-state index contributed by atoms with van der Waals surface area (Å²) >= 11 is 12.7. The fourth-order valence-corrected chi connectivity index (χ4v) is 5.29. The molecule has 1 N–H and O–H groups in total. The number of nitrogens with one attached hydrogen (secondary N) is 1. The lowest BCUT2D eigenvalue weighted by Crippen LogP contribution is -2.52. The van der Waals surface area contributed by atoms with E-state index in [1.807, 2.05) is 39.8 Å². The maximum absolute atomic E-state index is 13.4. The summed E-state index contributed by atoms with van der Waals surface area (Å²) in [4.78, 5) is 27.8. The van der Waals surface area contributed by atoms with Gasteiger partial charge in [-0.2, -0.15) is 0 Å². The second kappa shape index (κ2) is 13.0. The predicted molar refractivity (Wildman–Crippen MR) is 152 cm³/mol. The first-order valence-electron chi connectivity index (χ1n) is 12.2. The summed E-state index contributed by atoms with van der Waals surface area (Å²) in [6.45, 7) is 9.44. The highest BCUT2D eigenvalue weighted by atomic mass is 35.5. The van der Waals surface area contributed by atoms with E-state index in [1.165, 1.54) is 9.21 Å². The monoisotopic (exact) mass is 569 g/mol. The molecular formula is C27H37Cl2N3O4S. The molecule has 0 spiro atoms. The van der Waals surface area contributed by atoms with Crippen molar-refractivity contribution in [2.24, 2.45) is 0 Å². The average molecular weight is 571 g/mol. The van der Waals surface area contributed by atoms with Gasteiger partial charge in [0.1, 0.15) is 6.04 Å². The van der Waals surface area contributed by atoms with Gasteiger partial charge in [-0.05, 0) is 70.4 Å². The number of aryl methyl sites for hydroxylation is 1. The number of nitrogens with zero attached hydrogens (tertiary/aromatic N) is 2. The number of anilines is 1. The van der Waals surface area contributed by atoms with Crippen LogP contribution in [0.3, 0.4) is 0 Å². The molecule has 0 saturated heterocycles. The van der Waals surface area contributed by atoms with E-state index in [4.69, 9.17) is 23.2 Å². The van der Waals surface area contributed by atoms with Crippen LogP contribution in [0.4, 0.5) is 5.69 Å². The molecule has 2 aromatic rings. The number of carbonyl (C=O) groups excluding carboxylic acids is 2. The van der Waals surface area contributed by atoms with E-state index >= 15 is 0 Å². The van der Waals surface area contributed by atoms with E-state index in [0.29, 0.717) is 21.3 Å². The Morgan fingerprint density at radius 3 is 2.08 bits per heavy atom. The topological polar surface area (TPSA) is 86.8 Å². The van der Waals surface area contributed by atoms with E-state index in [1.54, 1.807) is 37.3 Å². The van der Waals surface area contributed by atoms with Gasteiger partial charge in [0.25, 0.3) is 0 Å². The van der Waals surface area contributed by atoms with E-state index in [-0.39, 0.29) is 37.7 Å². The summed E-state index contributed by atoms with van der Waals surface area (Å²) in [6, 6.07) is 11.6. The fourth-order valence-electron chi connectivity index (χ4n) is 3.81. The molecule has 2 rings (SSSR count). The number of halogens is 2. The van der Waals surface area contributed by atoms with Crippen molar-refractivity contribution < 1.29 is 18.0 Å². The quantitative estimate of drug-likeness (QED) is 0.390. The van der Waals surface area contributed by atoms with Gasteiger partial charge in [-0.25, -0.2) is 8.42 Å². The molecule has 0 aromatic heterocycles. The van der Waals surface area contributed by atoms with Crippen LogP contribution in [-0.2, 0) is 32.6 Å². The molecule has 10 heteroatoms. The Morgan fingerprint density at radius 2 is 1.59 bits per heavy atom. The van der Waals surface area contributed by atoms with Crippen molar-refractivity contribution in [1.82, 2.24) is 10.2 Å². The summed E-state index contributed by atoms with van der Waals surface area (Å²) in [5.74, 6) is -0.611. The Hall–Kier alpha value is -2.29. The summed E-state index contributed by atoms with van der Waals surface area (Å²) in [6.07, 6.45) is 2.29. The number of amides is 2. The summed E-state index contributed by atoms with van der Waals surface area (Å²) in [5, 5.41) is 3.70. The lowest BCUT2D eigenvalue weighted by molar-refractivity contribution is -0.141. The standard InChI is InChI=1S/C27H37Cl2N3O4S/c1-7-20-13-15-21(16-14-20)32(37(6,35)36)17-9-12-25(33)31(19(2)26(34)30-27(3,4)5)18-22-23(28)10-8-11-24(22)29/h8,10-11,13-16,19H,7,9,12,17-18H2,1-6H3,(H,30,34). The molecule has 0 bridgehead atoms. The fraction of sp³-hybridized carbons (Fsp3) is 0.481. The van der Waals surface area contributed by atoms with Crippen molar-refractivity contribution in [1.29, 1.82) is 0 Å². The van der Waals surface area contributed by atoms with Gasteiger partial charge in [0.15, 0.2) is 0 Å². The molecule has 1 atom stereocenters. The molecule has 0 saturated carbocycles. The minimum Gasteiger partial charge on any atom is -0.350 e. The molecule has 1 unspecified atom stereocenters. The minimum atomic E-state index is -3.56. The zero-order valence-corrected chi connectivity index (χ0v) is 24.7. The first-order chi connectivity index (χ1) is 17.1.